The van der Waals surface area contributed by atoms with E-state index in [2.05, 4.69) is 10.6 Å². The monoisotopic (exact) mass is 268 g/mol. The SMILES string of the molecule is CCCNC(=O)C(=O)NCCc1ccc(Cl)cc1. The van der Waals surface area contributed by atoms with Crippen molar-refractivity contribution in [3.8, 4) is 0 Å². The summed E-state index contributed by atoms with van der Waals surface area (Å²) < 4.78 is 0. The maximum Gasteiger partial charge on any atom is 0.309 e. The summed E-state index contributed by atoms with van der Waals surface area (Å²) in [5.41, 5.74) is 1.06. The summed E-state index contributed by atoms with van der Waals surface area (Å²) in [6.45, 7) is 2.88. The molecule has 0 radical (unpaired) electrons. The first-order valence-corrected chi connectivity index (χ1v) is 6.31. The molecule has 0 unspecified atom stereocenters. The van der Waals surface area contributed by atoms with Crippen LogP contribution in [-0.4, -0.2) is 24.9 Å². The Bertz CT molecular complexity index is 404. The Labute approximate surface area is 112 Å². The van der Waals surface area contributed by atoms with Gasteiger partial charge in [-0.2, -0.15) is 0 Å². The lowest BCUT2D eigenvalue weighted by molar-refractivity contribution is -0.139. The first-order valence-electron chi connectivity index (χ1n) is 5.94. The average Bonchev–Trinajstić information content (AvgIpc) is 2.38. The maximum atomic E-state index is 11.3. The summed E-state index contributed by atoms with van der Waals surface area (Å²) in [5, 5.41) is 5.77. The lowest BCUT2D eigenvalue weighted by Gasteiger charge is -2.05. The highest BCUT2D eigenvalue weighted by Gasteiger charge is 2.10. The first-order chi connectivity index (χ1) is 8.63. The lowest BCUT2D eigenvalue weighted by atomic mass is 10.1. The zero-order chi connectivity index (χ0) is 13.4. The Morgan fingerprint density at radius 3 is 2.17 bits per heavy atom. The molecule has 98 valence electrons. The van der Waals surface area contributed by atoms with E-state index in [-0.39, 0.29) is 0 Å². The smallest absolute Gasteiger partial charge is 0.309 e. The van der Waals surface area contributed by atoms with Crippen LogP contribution < -0.4 is 10.6 Å². The predicted octanol–water partition coefficient (Wildman–Crippen LogP) is 1.52. The van der Waals surface area contributed by atoms with Gasteiger partial charge in [0.15, 0.2) is 0 Å². The molecule has 0 bridgehead atoms. The Balaban J connectivity index is 2.27. The third-order valence-electron chi connectivity index (χ3n) is 2.35. The van der Waals surface area contributed by atoms with E-state index in [0.29, 0.717) is 24.5 Å². The van der Waals surface area contributed by atoms with Gasteiger partial charge in [-0.1, -0.05) is 30.7 Å². The molecule has 1 aromatic carbocycles. The molecule has 1 rings (SSSR count). The van der Waals surface area contributed by atoms with Gasteiger partial charge < -0.3 is 10.6 Å². The van der Waals surface area contributed by atoms with Crippen molar-refractivity contribution < 1.29 is 9.59 Å². The van der Waals surface area contributed by atoms with Crippen LogP contribution in [0.3, 0.4) is 0 Å². The highest BCUT2D eigenvalue weighted by atomic mass is 35.5. The topological polar surface area (TPSA) is 58.2 Å². The van der Waals surface area contributed by atoms with Gasteiger partial charge in [-0.3, -0.25) is 9.59 Å². The predicted molar refractivity (Wildman–Crippen MR) is 71.5 cm³/mol. The van der Waals surface area contributed by atoms with Crippen LogP contribution in [0.1, 0.15) is 18.9 Å². The molecule has 5 heteroatoms. The Hall–Kier alpha value is -1.55. The molecule has 0 saturated heterocycles. The van der Waals surface area contributed by atoms with Gasteiger partial charge in [0, 0.05) is 18.1 Å². The normalized spacial score (nSPS) is 9.89. The Morgan fingerprint density at radius 2 is 1.61 bits per heavy atom. The van der Waals surface area contributed by atoms with Crippen molar-refractivity contribution in [1.82, 2.24) is 10.6 Å². The number of nitrogens with one attached hydrogen (secondary N) is 2. The second-order valence-electron chi connectivity index (χ2n) is 3.89. The van der Waals surface area contributed by atoms with Gasteiger partial charge in [0.05, 0.1) is 0 Å². The highest BCUT2D eigenvalue weighted by molar-refractivity contribution is 6.35. The van der Waals surface area contributed by atoms with Crippen molar-refractivity contribution >= 4 is 23.4 Å². The molecule has 0 spiro atoms. The van der Waals surface area contributed by atoms with E-state index in [1.54, 1.807) is 12.1 Å². The molecule has 0 atom stereocenters. The minimum absolute atomic E-state index is 0.431. The first kappa shape index (κ1) is 14.5. The summed E-state index contributed by atoms with van der Waals surface area (Å²) >= 11 is 5.76. The number of carbonyl (C=O) groups excluding carboxylic acids is 2. The van der Waals surface area contributed by atoms with Crippen LogP contribution in [-0.2, 0) is 16.0 Å². The summed E-state index contributed by atoms with van der Waals surface area (Å²) in [6, 6.07) is 7.39. The molecule has 4 nitrogen and oxygen atoms in total. The third-order valence-corrected chi connectivity index (χ3v) is 2.61. The van der Waals surface area contributed by atoms with E-state index in [1.165, 1.54) is 0 Å². The van der Waals surface area contributed by atoms with Crippen molar-refractivity contribution in [1.29, 1.82) is 0 Å². The molecule has 1 aromatic rings. The number of halogens is 1. The number of hydrogen-bond donors (Lipinski definition) is 2. The molecule has 0 saturated carbocycles. The second-order valence-corrected chi connectivity index (χ2v) is 4.32. The van der Waals surface area contributed by atoms with E-state index in [9.17, 15) is 9.59 Å². The standard InChI is InChI=1S/C13H17ClN2O2/c1-2-8-15-12(17)13(18)16-9-7-10-3-5-11(14)6-4-10/h3-6H,2,7-9H2,1H3,(H,15,17)(H,16,18). The molecule has 0 aliphatic heterocycles. The molecule has 0 aliphatic rings. The van der Waals surface area contributed by atoms with Crippen LogP contribution in [0, 0.1) is 0 Å². The van der Waals surface area contributed by atoms with Crippen LogP contribution in [0.2, 0.25) is 5.02 Å². The van der Waals surface area contributed by atoms with Gasteiger partial charge in [0.1, 0.15) is 0 Å². The van der Waals surface area contributed by atoms with Crippen LogP contribution in [0.25, 0.3) is 0 Å². The van der Waals surface area contributed by atoms with E-state index in [0.717, 1.165) is 12.0 Å². The highest BCUT2D eigenvalue weighted by Crippen LogP contribution is 2.09. The van der Waals surface area contributed by atoms with Crippen molar-refractivity contribution in [3.63, 3.8) is 0 Å². The van der Waals surface area contributed by atoms with Crippen LogP contribution >= 0.6 is 11.6 Å². The van der Waals surface area contributed by atoms with Gasteiger partial charge in [0.2, 0.25) is 0 Å². The summed E-state index contributed by atoms with van der Waals surface area (Å²) in [7, 11) is 0. The number of hydrogen-bond acceptors (Lipinski definition) is 2. The maximum absolute atomic E-state index is 11.3. The second kappa shape index (κ2) is 7.71. The summed E-state index contributed by atoms with van der Waals surface area (Å²) in [4.78, 5) is 22.6. The summed E-state index contributed by atoms with van der Waals surface area (Å²) in [6.07, 6.45) is 1.48. The van der Waals surface area contributed by atoms with Crippen LogP contribution in [0.5, 0.6) is 0 Å². The quantitative estimate of drug-likeness (QED) is 0.796. The fraction of sp³-hybridized carbons (Fsp3) is 0.385. The lowest BCUT2D eigenvalue weighted by Crippen LogP contribution is -2.40. The van der Waals surface area contributed by atoms with Crippen molar-refractivity contribution in [3.05, 3.63) is 34.9 Å². The van der Waals surface area contributed by atoms with Gasteiger partial charge >= 0.3 is 11.8 Å². The number of rotatable bonds is 5. The zero-order valence-electron chi connectivity index (χ0n) is 10.3. The molecule has 2 amide bonds. The van der Waals surface area contributed by atoms with Gasteiger partial charge in [-0.25, -0.2) is 0 Å². The van der Waals surface area contributed by atoms with Crippen molar-refractivity contribution in [2.45, 2.75) is 19.8 Å². The zero-order valence-corrected chi connectivity index (χ0v) is 11.1. The van der Waals surface area contributed by atoms with E-state index in [1.807, 2.05) is 19.1 Å². The molecular weight excluding hydrogens is 252 g/mol. The van der Waals surface area contributed by atoms with Gasteiger partial charge in [-0.15, -0.1) is 0 Å². The minimum atomic E-state index is -0.586. The van der Waals surface area contributed by atoms with Crippen LogP contribution in [0.15, 0.2) is 24.3 Å². The fourth-order valence-electron chi connectivity index (χ4n) is 1.37. The number of benzene rings is 1. The Kier molecular flexibility index (Phi) is 6.22. The average molecular weight is 269 g/mol. The van der Waals surface area contributed by atoms with E-state index in [4.69, 9.17) is 11.6 Å². The van der Waals surface area contributed by atoms with Crippen molar-refractivity contribution in [2.24, 2.45) is 0 Å². The number of amides is 2. The van der Waals surface area contributed by atoms with Crippen LogP contribution in [0.4, 0.5) is 0 Å². The molecular formula is C13H17ClN2O2. The van der Waals surface area contributed by atoms with Gasteiger partial charge in [-0.05, 0) is 30.5 Å². The van der Waals surface area contributed by atoms with Crippen molar-refractivity contribution in [2.75, 3.05) is 13.1 Å². The molecule has 0 fully saturated rings. The van der Waals surface area contributed by atoms with Gasteiger partial charge in [0.25, 0.3) is 0 Å². The molecule has 0 aromatic heterocycles. The third kappa shape index (κ3) is 5.19. The molecule has 0 aliphatic carbocycles. The van der Waals surface area contributed by atoms with E-state index >= 15 is 0 Å². The molecule has 2 N–H and O–H groups in total. The van der Waals surface area contributed by atoms with E-state index < -0.39 is 11.8 Å². The number of carbonyl (C=O) groups is 2. The minimum Gasteiger partial charge on any atom is -0.348 e. The largest absolute Gasteiger partial charge is 0.348 e. The Morgan fingerprint density at radius 1 is 1.06 bits per heavy atom. The summed E-state index contributed by atoms with van der Waals surface area (Å²) in [5.74, 6) is -1.16. The fourth-order valence-corrected chi connectivity index (χ4v) is 1.50. The molecule has 0 heterocycles. The molecule has 18 heavy (non-hydrogen) atoms.